The number of carbonyl (C=O) groups is 1. The van der Waals surface area contributed by atoms with Crippen molar-refractivity contribution in [3.63, 3.8) is 0 Å². The first-order valence-corrected chi connectivity index (χ1v) is 7.44. The molecule has 2 rings (SSSR count). The van der Waals surface area contributed by atoms with Crippen LogP contribution in [0.5, 0.6) is 0 Å². The minimum absolute atomic E-state index is 0.240. The number of rotatable bonds is 4. The van der Waals surface area contributed by atoms with Gasteiger partial charge in [-0.2, -0.15) is 0 Å². The van der Waals surface area contributed by atoms with Gasteiger partial charge < -0.3 is 5.11 Å². The number of carboxylic acids is 1. The molecule has 20 heavy (non-hydrogen) atoms. The first-order chi connectivity index (χ1) is 9.47. The van der Waals surface area contributed by atoms with Crippen molar-refractivity contribution in [1.29, 1.82) is 0 Å². The fourth-order valence-corrected chi connectivity index (χ4v) is 3.28. The quantitative estimate of drug-likeness (QED) is 0.898. The molecule has 1 fully saturated rings. The number of hydrogen-bond acceptors (Lipinski definition) is 1. The van der Waals surface area contributed by atoms with Crippen LogP contribution in [0.4, 0.5) is 4.39 Å². The van der Waals surface area contributed by atoms with Crippen molar-refractivity contribution in [3.05, 3.63) is 35.6 Å². The van der Waals surface area contributed by atoms with Crippen LogP contribution in [0.3, 0.4) is 0 Å². The van der Waals surface area contributed by atoms with Gasteiger partial charge in [0.15, 0.2) is 0 Å². The van der Waals surface area contributed by atoms with Gasteiger partial charge in [0.25, 0.3) is 0 Å². The summed E-state index contributed by atoms with van der Waals surface area (Å²) >= 11 is 0. The summed E-state index contributed by atoms with van der Waals surface area (Å²) in [5.41, 5.74) is 0.907. The minimum Gasteiger partial charge on any atom is -0.481 e. The molecule has 0 saturated heterocycles. The first kappa shape index (κ1) is 15.0. The van der Waals surface area contributed by atoms with Gasteiger partial charge >= 0.3 is 5.97 Å². The number of aliphatic carboxylic acids is 1. The van der Waals surface area contributed by atoms with Gasteiger partial charge in [0.05, 0.1) is 5.92 Å². The Balaban J connectivity index is 2.07. The normalized spacial score (nSPS) is 28.1. The van der Waals surface area contributed by atoms with E-state index in [1.54, 1.807) is 12.1 Å². The van der Waals surface area contributed by atoms with Crippen molar-refractivity contribution < 1.29 is 14.3 Å². The van der Waals surface area contributed by atoms with Gasteiger partial charge in [0, 0.05) is 0 Å². The molecule has 2 nitrogen and oxygen atoms in total. The topological polar surface area (TPSA) is 37.3 Å². The summed E-state index contributed by atoms with van der Waals surface area (Å²) in [6.45, 7) is 4.46. The van der Waals surface area contributed by atoms with Gasteiger partial charge in [-0.15, -0.1) is 0 Å². The van der Waals surface area contributed by atoms with E-state index in [-0.39, 0.29) is 17.7 Å². The second kappa shape index (κ2) is 6.38. The molecule has 1 aliphatic carbocycles. The van der Waals surface area contributed by atoms with Crippen LogP contribution in [0.1, 0.15) is 38.7 Å². The zero-order valence-corrected chi connectivity index (χ0v) is 12.2. The van der Waals surface area contributed by atoms with E-state index in [2.05, 4.69) is 13.8 Å². The van der Waals surface area contributed by atoms with E-state index in [1.807, 2.05) is 0 Å². The highest BCUT2D eigenvalue weighted by atomic mass is 19.1. The van der Waals surface area contributed by atoms with Crippen LogP contribution >= 0.6 is 0 Å². The zero-order valence-electron chi connectivity index (χ0n) is 12.2. The maximum Gasteiger partial charge on any atom is 0.307 e. The predicted molar refractivity (Wildman–Crippen MR) is 76.9 cm³/mol. The van der Waals surface area contributed by atoms with Crippen LogP contribution in [0.25, 0.3) is 0 Å². The fourth-order valence-electron chi connectivity index (χ4n) is 3.28. The molecule has 0 amide bonds. The number of carboxylic acid groups (broad SMARTS) is 1. The number of halogens is 1. The van der Waals surface area contributed by atoms with Crippen LogP contribution in [0.15, 0.2) is 24.3 Å². The average molecular weight is 278 g/mol. The summed E-state index contributed by atoms with van der Waals surface area (Å²) < 4.78 is 12.9. The van der Waals surface area contributed by atoms with Gasteiger partial charge in [-0.05, 0) is 54.7 Å². The molecule has 0 spiro atoms. The lowest BCUT2D eigenvalue weighted by atomic mass is 9.70. The molecule has 110 valence electrons. The molecule has 1 aliphatic rings. The summed E-state index contributed by atoms with van der Waals surface area (Å²) in [5.74, 6) is 0.163. The predicted octanol–water partition coefficient (Wildman–Crippen LogP) is 4.14. The van der Waals surface area contributed by atoms with E-state index in [4.69, 9.17) is 0 Å². The smallest absolute Gasteiger partial charge is 0.307 e. The van der Waals surface area contributed by atoms with E-state index in [9.17, 15) is 14.3 Å². The molecule has 0 aliphatic heterocycles. The Morgan fingerprint density at radius 2 is 1.90 bits per heavy atom. The van der Waals surface area contributed by atoms with Crippen LogP contribution in [0.2, 0.25) is 0 Å². The van der Waals surface area contributed by atoms with Crippen molar-refractivity contribution >= 4 is 5.97 Å². The Kier molecular flexibility index (Phi) is 4.79. The highest BCUT2D eigenvalue weighted by Crippen LogP contribution is 2.38. The van der Waals surface area contributed by atoms with E-state index in [0.717, 1.165) is 24.8 Å². The Labute approximate surface area is 120 Å². The SMILES string of the molecule is CC1CCC(C(Cc2ccc(F)cc2)C(=O)O)CC1C. The highest BCUT2D eigenvalue weighted by Gasteiger charge is 2.33. The second-order valence-corrected chi connectivity index (χ2v) is 6.30. The second-order valence-electron chi connectivity index (χ2n) is 6.30. The molecule has 1 aromatic rings. The van der Waals surface area contributed by atoms with Gasteiger partial charge in [-0.1, -0.05) is 32.4 Å². The van der Waals surface area contributed by atoms with E-state index < -0.39 is 5.97 Å². The standard InChI is InChI=1S/C17H23FO2/c1-11-3-6-14(9-12(11)2)16(17(19)20)10-13-4-7-15(18)8-5-13/h4-5,7-8,11-12,14,16H,3,6,9-10H2,1-2H3,(H,19,20). The molecule has 3 heteroatoms. The molecule has 4 unspecified atom stereocenters. The summed E-state index contributed by atoms with van der Waals surface area (Å²) in [7, 11) is 0. The van der Waals surface area contributed by atoms with Crippen LogP contribution in [-0.2, 0) is 11.2 Å². The monoisotopic (exact) mass is 278 g/mol. The van der Waals surface area contributed by atoms with Gasteiger partial charge in [0.1, 0.15) is 5.82 Å². The molecule has 0 heterocycles. The summed E-state index contributed by atoms with van der Waals surface area (Å²) in [5, 5.41) is 9.52. The average Bonchev–Trinajstić information content (AvgIpc) is 2.41. The molecule has 1 aromatic carbocycles. The van der Waals surface area contributed by atoms with E-state index in [0.29, 0.717) is 18.3 Å². The first-order valence-electron chi connectivity index (χ1n) is 7.44. The third-order valence-corrected chi connectivity index (χ3v) is 4.89. The Morgan fingerprint density at radius 1 is 1.25 bits per heavy atom. The molecule has 0 aromatic heterocycles. The zero-order chi connectivity index (χ0) is 14.7. The maximum atomic E-state index is 12.9. The fraction of sp³-hybridized carbons (Fsp3) is 0.588. The maximum absolute atomic E-state index is 12.9. The van der Waals surface area contributed by atoms with Gasteiger partial charge in [-0.25, -0.2) is 4.39 Å². The van der Waals surface area contributed by atoms with Crippen molar-refractivity contribution in [2.75, 3.05) is 0 Å². The molecule has 4 atom stereocenters. The largest absolute Gasteiger partial charge is 0.481 e. The molecular formula is C17H23FO2. The highest BCUT2D eigenvalue weighted by molar-refractivity contribution is 5.70. The lowest BCUT2D eigenvalue weighted by Gasteiger charge is -2.35. The molecule has 1 N–H and O–H groups in total. The van der Waals surface area contributed by atoms with Crippen molar-refractivity contribution in [3.8, 4) is 0 Å². The van der Waals surface area contributed by atoms with Crippen LogP contribution < -0.4 is 0 Å². The van der Waals surface area contributed by atoms with Crippen LogP contribution in [-0.4, -0.2) is 11.1 Å². The van der Waals surface area contributed by atoms with Crippen molar-refractivity contribution in [1.82, 2.24) is 0 Å². The van der Waals surface area contributed by atoms with Crippen molar-refractivity contribution in [2.45, 2.75) is 39.5 Å². The summed E-state index contributed by atoms with van der Waals surface area (Å²) in [6.07, 6.45) is 3.59. The lowest BCUT2D eigenvalue weighted by Crippen LogP contribution is -2.32. The summed E-state index contributed by atoms with van der Waals surface area (Å²) in [4.78, 5) is 11.6. The summed E-state index contributed by atoms with van der Waals surface area (Å²) in [6, 6.07) is 6.19. The third kappa shape index (κ3) is 3.59. The number of benzene rings is 1. The minimum atomic E-state index is -0.721. The molecule has 1 saturated carbocycles. The lowest BCUT2D eigenvalue weighted by molar-refractivity contribution is -0.144. The van der Waals surface area contributed by atoms with Gasteiger partial charge in [-0.3, -0.25) is 4.79 Å². The number of hydrogen-bond donors (Lipinski definition) is 1. The molecular weight excluding hydrogens is 255 g/mol. The van der Waals surface area contributed by atoms with Crippen LogP contribution in [0, 0.1) is 29.5 Å². The van der Waals surface area contributed by atoms with E-state index >= 15 is 0 Å². The Hall–Kier alpha value is -1.38. The third-order valence-electron chi connectivity index (χ3n) is 4.89. The molecule has 0 radical (unpaired) electrons. The van der Waals surface area contributed by atoms with Gasteiger partial charge in [0.2, 0.25) is 0 Å². The van der Waals surface area contributed by atoms with E-state index in [1.165, 1.54) is 12.1 Å². The Morgan fingerprint density at radius 3 is 2.45 bits per heavy atom. The molecule has 0 bridgehead atoms. The van der Waals surface area contributed by atoms with Crippen molar-refractivity contribution in [2.24, 2.45) is 23.7 Å². The Bertz CT molecular complexity index is 455.